The minimum atomic E-state index is -0.143. The van der Waals surface area contributed by atoms with E-state index in [2.05, 4.69) is 22.4 Å². The number of carbonyl (C=O) groups is 2. The standard InChI is InChI=1S/C25H27N3O2S/c1-18-22(23(29)26-17-20-11-6-3-7-12-20)31-25(27-18)28-16-8-13-21(24(28)30)15-14-19-9-4-2-5-10-19/h2-7,9-12,21H,8,13-17H2,1H3,(H,26,29). The number of thiazole rings is 1. The van der Waals surface area contributed by atoms with Crippen molar-refractivity contribution < 1.29 is 9.59 Å². The predicted molar refractivity (Wildman–Crippen MR) is 124 cm³/mol. The van der Waals surface area contributed by atoms with Crippen molar-refractivity contribution in [2.75, 3.05) is 11.4 Å². The van der Waals surface area contributed by atoms with Crippen LogP contribution in [0.3, 0.4) is 0 Å². The Morgan fingerprint density at radius 3 is 2.48 bits per heavy atom. The molecule has 1 aliphatic heterocycles. The van der Waals surface area contributed by atoms with Gasteiger partial charge in [-0.1, -0.05) is 72.0 Å². The largest absolute Gasteiger partial charge is 0.347 e. The van der Waals surface area contributed by atoms with Gasteiger partial charge in [-0.25, -0.2) is 4.98 Å². The van der Waals surface area contributed by atoms with Gasteiger partial charge in [-0.05, 0) is 43.7 Å². The first-order chi connectivity index (χ1) is 15.1. The van der Waals surface area contributed by atoms with Gasteiger partial charge in [0.05, 0.1) is 5.69 Å². The summed E-state index contributed by atoms with van der Waals surface area (Å²) in [6.45, 7) is 2.97. The third-order valence-electron chi connectivity index (χ3n) is 5.69. The lowest BCUT2D eigenvalue weighted by Crippen LogP contribution is -2.41. The zero-order chi connectivity index (χ0) is 21.6. The molecule has 1 fully saturated rings. The van der Waals surface area contributed by atoms with Gasteiger partial charge < -0.3 is 5.32 Å². The van der Waals surface area contributed by atoms with Crippen molar-refractivity contribution in [1.82, 2.24) is 10.3 Å². The molecule has 1 N–H and O–H groups in total. The summed E-state index contributed by atoms with van der Waals surface area (Å²) in [5.74, 6) is -0.00381. The van der Waals surface area contributed by atoms with Crippen LogP contribution in [-0.4, -0.2) is 23.3 Å². The number of anilines is 1. The average Bonchev–Trinajstić information content (AvgIpc) is 3.19. The van der Waals surface area contributed by atoms with E-state index in [4.69, 9.17) is 0 Å². The Morgan fingerprint density at radius 2 is 1.77 bits per heavy atom. The summed E-state index contributed by atoms with van der Waals surface area (Å²) < 4.78 is 0. The highest BCUT2D eigenvalue weighted by Gasteiger charge is 2.32. The molecule has 0 radical (unpaired) electrons. The molecule has 2 amide bonds. The van der Waals surface area contributed by atoms with Crippen molar-refractivity contribution in [3.8, 4) is 0 Å². The summed E-state index contributed by atoms with van der Waals surface area (Å²) in [6, 6.07) is 20.1. The van der Waals surface area contributed by atoms with Crippen LogP contribution >= 0.6 is 11.3 Å². The van der Waals surface area contributed by atoms with Crippen molar-refractivity contribution in [3.05, 3.63) is 82.4 Å². The number of benzene rings is 2. The van der Waals surface area contributed by atoms with Gasteiger partial charge in [0.2, 0.25) is 5.91 Å². The van der Waals surface area contributed by atoms with Gasteiger partial charge >= 0.3 is 0 Å². The first-order valence-electron chi connectivity index (χ1n) is 10.8. The monoisotopic (exact) mass is 433 g/mol. The van der Waals surface area contributed by atoms with Gasteiger partial charge in [-0.3, -0.25) is 14.5 Å². The minimum absolute atomic E-state index is 0.00789. The Labute approximate surface area is 187 Å². The van der Waals surface area contributed by atoms with Crippen LogP contribution in [0.5, 0.6) is 0 Å². The molecule has 2 aromatic carbocycles. The fourth-order valence-electron chi connectivity index (χ4n) is 3.96. The Balaban J connectivity index is 1.40. The quantitative estimate of drug-likeness (QED) is 0.584. The number of hydrogen-bond acceptors (Lipinski definition) is 4. The molecule has 1 saturated heterocycles. The SMILES string of the molecule is Cc1nc(N2CCCC(CCc3ccccc3)C2=O)sc1C(=O)NCc1ccccc1. The molecule has 4 rings (SSSR count). The molecule has 2 heterocycles. The van der Waals surface area contributed by atoms with E-state index in [1.165, 1.54) is 16.9 Å². The molecule has 0 saturated carbocycles. The second-order valence-corrected chi connectivity index (χ2v) is 8.91. The lowest BCUT2D eigenvalue weighted by Gasteiger charge is -2.30. The maximum absolute atomic E-state index is 13.1. The number of aryl methyl sites for hydroxylation is 2. The highest BCUT2D eigenvalue weighted by molar-refractivity contribution is 7.17. The van der Waals surface area contributed by atoms with Crippen LogP contribution in [0.4, 0.5) is 5.13 Å². The van der Waals surface area contributed by atoms with Crippen molar-refractivity contribution in [3.63, 3.8) is 0 Å². The second-order valence-electron chi connectivity index (χ2n) is 7.93. The van der Waals surface area contributed by atoms with E-state index in [1.54, 1.807) is 4.90 Å². The van der Waals surface area contributed by atoms with Crippen LogP contribution in [0.2, 0.25) is 0 Å². The molecular formula is C25H27N3O2S. The highest BCUT2D eigenvalue weighted by Crippen LogP contribution is 2.32. The van der Waals surface area contributed by atoms with Crippen molar-refractivity contribution in [2.24, 2.45) is 5.92 Å². The van der Waals surface area contributed by atoms with Gasteiger partial charge in [0.15, 0.2) is 5.13 Å². The maximum atomic E-state index is 13.1. The summed E-state index contributed by atoms with van der Waals surface area (Å²) in [7, 11) is 0. The number of carbonyl (C=O) groups excluding carboxylic acids is 2. The van der Waals surface area contributed by atoms with Gasteiger partial charge in [0, 0.05) is 19.0 Å². The van der Waals surface area contributed by atoms with E-state index < -0.39 is 0 Å². The number of hydrogen-bond donors (Lipinski definition) is 1. The summed E-state index contributed by atoms with van der Waals surface area (Å²) in [5, 5.41) is 3.59. The van der Waals surface area contributed by atoms with Gasteiger partial charge in [-0.2, -0.15) is 0 Å². The predicted octanol–water partition coefficient (Wildman–Crippen LogP) is 4.76. The summed E-state index contributed by atoms with van der Waals surface area (Å²) >= 11 is 1.31. The van der Waals surface area contributed by atoms with Crippen LogP contribution in [0.1, 0.15) is 45.8 Å². The number of aromatic nitrogens is 1. The summed E-state index contributed by atoms with van der Waals surface area (Å²) in [4.78, 5) is 32.8. The molecule has 5 nitrogen and oxygen atoms in total. The van der Waals surface area contributed by atoms with Crippen molar-refractivity contribution >= 4 is 28.3 Å². The van der Waals surface area contributed by atoms with E-state index in [1.807, 2.05) is 55.5 Å². The average molecular weight is 434 g/mol. The molecule has 0 aliphatic carbocycles. The molecule has 160 valence electrons. The normalized spacial score (nSPS) is 16.4. The first-order valence-corrected chi connectivity index (χ1v) is 11.6. The second kappa shape index (κ2) is 9.88. The third kappa shape index (κ3) is 5.20. The topological polar surface area (TPSA) is 62.3 Å². The zero-order valence-electron chi connectivity index (χ0n) is 17.7. The van der Waals surface area contributed by atoms with Crippen LogP contribution in [0.25, 0.3) is 0 Å². The number of nitrogens with zero attached hydrogens (tertiary/aromatic N) is 2. The van der Waals surface area contributed by atoms with Crippen molar-refractivity contribution in [1.29, 1.82) is 0 Å². The molecule has 0 bridgehead atoms. The van der Waals surface area contributed by atoms with Crippen LogP contribution in [0.15, 0.2) is 60.7 Å². The molecule has 1 aromatic heterocycles. The van der Waals surface area contributed by atoms with Crippen LogP contribution in [-0.2, 0) is 17.8 Å². The fourth-order valence-corrected chi connectivity index (χ4v) is 4.97. The van der Waals surface area contributed by atoms with Gasteiger partial charge in [-0.15, -0.1) is 0 Å². The van der Waals surface area contributed by atoms with E-state index in [9.17, 15) is 9.59 Å². The molecule has 1 unspecified atom stereocenters. The van der Waals surface area contributed by atoms with E-state index in [0.717, 1.165) is 31.2 Å². The Morgan fingerprint density at radius 1 is 1.10 bits per heavy atom. The Hall–Kier alpha value is -2.99. The lowest BCUT2D eigenvalue weighted by atomic mass is 9.91. The van der Waals surface area contributed by atoms with Crippen LogP contribution in [0, 0.1) is 12.8 Å². The molecular weight excluding hydrogens is 406 g/mol. The smallest absolute Gasteiger partial charge is 0.263 e. The molecule has 3 aromatic rings. The number of amides is 2. The fraction of sp³-hybridized carbons (Fsp3) is 0.320. The van der Waals surface area contributed by atoms with E-state index in [-0.39, 0.29) is 17.7 Å². The molecule has 31 heavy (non-hydrogen) atoms. The molecule has 6 heteroatoms. The Kier molecular flexibility index (Phi) is 6.77. The molecule has 0 spiro atoms. The Bertz CT molecular complexity index is 1030. The third-order valence-corrected chi connectivity index (χ3v) is 6.87. The minimum Gasteiger partial charge on any atom is -0.347 e. The van der Waals surface area contributed by atoms with Gasteiger partial charge in [0.25, 0.3) is 5.91 Å². The summed E-state index contributed by atoms with van der Waals surface area (Å²) in [5.41, 5.74) is 2.98. The first kappa shape index (κ1) is 21.2. The maximum Gasteiger partial charge on any atom is 0.263 e. The highest BCUT2D eigenvalue weighted by atomic mass is 32.1. The zero-order valence-corrected chi connectivity index (χ0v) is 18.5. The number of piperidine rings is 1. The van der Waals surface area contributed by atoms with Crippen molar-refractivity contribution in [2.45, 2.75) is 39.2 Å². The summed E-state index contributed by atoms with van der Waals surface area (Å²) in [6.07, 6.45) is 3.61. The van der Waals surface area contributed by atoms with E-state index in [0.29, 0.717) is 28.8 Å². The molecule has 1 atom stereocenters. The van der Waals surface area contributed by atoms with Gasteiger partial charge in [0.1, 0.15) is 4.88 Å². The lowest BCUT2D eigenvalue weighted by molar-refractivity contribution is -0.123. The van der Waals surface area contributed by atoms with Crippen LogP contribution < -0.4 is 10.2 Å². The number of nitrogens with one attached hydrogen (secondary N) is 1. The van der Waals surface area contributed by atoms with E-state index >= 15 is 0 Å². The number of rotatable bonds is 7. The molecule has 1 aliphatic rings.